The number of nitrogens with two attached hydrogens (primary N) is 1. The standard InChI is InChI=1S/C4H10FNO/c1-3(6)4(7)2-5/h3-4,7H,2,6H2,1H3/t3-,4?/m0/s1. The molecular formula is C4H10FNO. The van der Waals surface area contributed by atoms with Crippen LogP contribution in [0.15, 0.2) is 0 Å². The molecule has 2 nitrogen and oxygen atoms in total. The summed E-state index contributed by atoms with van der Waals surface area (Å²) in [7, 11) is 0. The van der Waals surface area contributed by atoms with E-state index in [4.69, 9.17) is 10.8 Å². The van der Waals surface area contributed by atoms with Crippen LogP contribution in [0.25, 0.3) is 0 Å². The zero-order valence-corrected chi connectivity index (χ0v) is 4.26. The van der Waals surface area contributed by atoms with Crippen molar-refractivity contribution in [2.45, 2.75) is 19.1 Å². The lowest BCUT2D eigenvalue weighted by Gasteiger charge is -2.07. The highest BCUT2D eigenvalue weighted by atomic mass is 19.1. The minimum atomic E-state index is -0.986. The van der Waals surface area contributed by atoms with E-state index in [9.17, 15) is 4.39 Å². The summed E-state index contributed by atoms with van der Waals surface area (Å²) in [6, 6.07) is -0.454. The van der Waals surface area contributed by atoms with Gasteiger partial charge in [0.05, 0.1) is 6.10 Å². The van der Waals surface area contributed by atoms with Crippen LogP contribution in [0.1, 0.15) is 6.92 Å². The fraction of sp³-hybridized carbons (Fsp3) is 1.00. The minimum absolute atomic E-state index is 0.454. The van der Waals surface area contributed by atoms with Gasteiger partial charge in [0, 0.05) is 6.04 Å². The summed E-state index contributed by atoms with van der Waals surface area (Å²) in [4.78, 5) is 0. The summed E-state index contributed by atoms with van der Waals surface area (Å²) >= 11 is 0. The van der Waals surface area contributed by atoms with Gasteiger partial charge in [-0.05, 0) is 6.92 Å². The first-order valence-electron chi connectivity index (χ1n) is 2.18. The maximum atomic E-state index is 11.3. The van der Waals surface area contributed by atoms with Crippen LogP contribution >= 0.6 is 0 Å². The molecule has 44 valence electrons. The number of rotatable bonds is 2. The predicted octanol–water partition coefficient (Wildman–Crippen LogP) is -0.336. The Balaban J connectivity index is 3.14. The largest absolute Gasteiger partial charge is 0.389 e. The van der Waals surface area contributed by atoms with E-state index in [2.05, 4.69) is 0 Å². The molecule has 0 aliphatic carbocycles. The number of hydrogen-bond acceptors (Lipinski definition) is 2. The molecule has 7 heavy (non-hydrogen) atoms. The van der Waals surface area contributed by atoms with Gasteiger partial charge in [0.2, 0.25) is 0 Å². The molecule has 3 N–H and O–H groups in total. The Morgan fingerprint density at radius 3 is 2.29 bits per heavy atom. The Hall–Kier alpha value is -0.150. The van der Waals surface area contributed by atoms with E-state index < -0.39 is 18.8 Å². The second kappa shape index (κ2) is 2.93. The van der Waals surface area contributed by atoms with Crippen molar-refractivity contribution in [2.75, 3.05) is 6.67 Å². The lowest BCUT2D eigenvalue weighted by molar-refractivity contribution is 0.119. The third kappa shape index (κ3) is 2.53. The van der Waals surface area contributed by atoms with Gasteiger partial charge in [0.1, 0.15) is 6.67 Å². The van der Waals surface area contributed by atoms with Crippen LogP contribution in [0.2, 0.25) is 0 Å². The van der Waals surface area contributed by atoms with E-state index in [0.29, 0.717) is 0 Å². The zero-order valence-electron chi connectivity index (χ0n) is 4.26. The average Bonchev–Trinajstić information content (AvgIpc) is 1.65. The summed E-state index contributed by atoms with van der Waals surface area (Å²) < 4.78 is 11.3. The van der Waals surface area contributed by atoms with Crippen LogP contribution in [0.4, 0.5) is 4.39 Å². The molecule has 0 aliphatic heterocycles. The Labute approximate surface area is 42.1 Å². The lowest BCUT2D eigenvalue weighted by Crippen LogP contribution is -2.32. The number of alkyl halides is 1. The molecule has 2 atom stereocenters. The molecule has 0 amide bonds. The Morgan fingerprint density at radius 1 is 1.86 bits per heavy atom. The highest BCUT2D eigenvalue weighted by Gasteiger charge is 2.06. The first-order valence-corrected chi connectivity index (χ1v) is 2.18. The molecule has 0 radical (unpaired) electrons. The summed E-state index contributed by atoms with van der Waals surface area (Å²) in [5.74, 6) is 0. The van der Waals surface area contributed by atoms with Crippen molar-refractivity contribution in [3.8, 4) is 0 Å². The molecule has 0 rings (SSSR count). The van der Waals surface area contributed by atoms with Gasteiger partial charge < -0.3 is 10.8 Å². The molecule has 0 spiro atoms. The highest BCUT2D eigenvalue weighted by Crippen LogP contribution is 1.87. The van der Waals surface area contributed by atoms with Gasteiger partial charge in [-0.1, -0.05) is 0 Å². The van der Waals surface area contributed by atoms with Crippen LogP contribution in [0.5, 0.6) is 0 Å². The van der Waals surface area contributed by atoms with Crippen LogP contribution in [0.3, 0.4) is 0 Å². The van der Waals surface area contributed by atoms with Gasteiger partial charge in [-0.15, -0.1) is 0 Å². The molecule has 3 heteroatoms. The molecule has 0 aromatic rings. The Kier molecular flexibility index (Phi) is 2.87. The predicted molar refractivity (Wildman–Crippen MR) is 25.6 cm³/mol. The average molecular weight is 107 g/mol. The molecular weight excluding hydrogens is 97.0 g/mol. The van der Waals surface area contributed by atoms with Gasteiger partial charge >= 0.3 is 0 Å². The highest BCUT2D eigenvalue weighted by molar-refractivity contribution is 4.63. The molecule has 0 saturated heterocycles. The second-order valence-corrected chi connectivity index (χ2v) is 1.58. The van der Waals surface area contributed by atoms with Gasteiger partial charge in [-0.2, -0.15) is 0 Å². The maximum Gasteiger partial charge on any atom is 0.117 e. The maximum absolute atomic E-state index is 11.3. The number of hydrogen-bond donors (Lipinski definition) is 2. The molecule has 0 aromatic carbocycles. The summed E-state index contributed by atoms with van der Waals surface area (Å²) in [5, 5.41) is 8.44. The van der Waals surface area contributed by atoms with E-state index in [0.717, 1.165) is 0 Å². The normalized spacial score (nSPS) is 18.9. The van der Waals surface area contributed by atoms with Crippen molar-refractivity contribution >= 4 is 0 Å². The first kappa shape index (κ1) is 6.85. The van der Waals surface area contributed by atoms with E-state index in [1.165, 1.54) is 0 Å². The Bertz CT molecular complexity index is 49.0. The third-order valence-electron chi connectivity index (χ3n) is 0.765. The fourth-order valence-electron chi connectivity index (χ4n) is 0.141. The molecule has 0 aromatic heterocycles. The molecule has 0 aliphatic rings. The van der Waals surface area contributed by atoms with Crippen LogP contribution in [-0.2, 0) is 0 Å². The van der Waals surface area contributed by atoms with Crippen LogP contribution in [-0.4, -0.2) is 23.9 Å². The lowest BCUT2D eigenvalue weighted by atomic mass is 10.2. The van der Waals surface area contributed by atoms with E-state index >= 15 is 0 Å². The topological polar surface area (TPSA) is 46.2 Å². The fourth-order valence-corrected chi connectivity index (χ4v) is 0.141. The number of aliphatic hydroxyl groups is 1. The quantitative estimate of drug-likeness (QED) is 0.507. The number of aliphatic hydroxyl groups excluding tert-OH is 1. The van der Waals surface area contributed by atoms with E-state index in [-0.39, 0.29) is 0 Å². The molecule has 1 unspecified atom stereocenters. The summed E-state index contributed by atoms with van der Waals surface area (Å²) in [6.07, 6.45) is -0.986. The van der Waals surface area contributed by atoms with Crippen molar-refractivity contribution in [1.82, 2.24) is 0 Å². The Morgan fingerprint density at radius 2 is 2.29 bits per heavy atom. The van der Waals surface area contributed by atoms with Crippen LogP contribution in [0, 0.1) is 0 Å². The third-order valence-corrected chi connectivity index (χ3v) is 0.765. The second-order valence-electron chi connectivity index (χ2n) is 1.58. The zero-order chi connectivity index (χ0) is 5.86. The monoisotopic (exact) mass is 107 g/mol. The van der Waals surface area contributed by atoms with Crippen molar-refractivity contribution in [1.29, 1.82) is 0 Å². The first-order chi connectivity index (χ1) is 3.18. The minimum Gasteiger partial charge on any atom is -0.389 e. The van der Waals surface area contributed by atoms with Gasteiger partial charge in [-0.3, -0.25) is 0 Å². The molecule has 0 bridgehead atoms. The van der Waals surface area contributed by atoms with Crippen molar-refractivity contribution < 1.29 is 9.50 Å². The van der Waals surface area contributed by atoms with Crippen molar-refractivity contribution in [3.63, 3.8) is 0 Å². The van der Waals surface area contributed by atoms with Gasteiger partial charge in [0.15, 0.2) is 0 Å². The molecule has 0 saturated carbocycles. The summed E-state index contributed by atoms with van der Waals surface area (Å²) in [5.41, 5.74) is 5.06. The van der Waals surface area contributed by atoms with Crippen molar-refractivity contribution in [2.24, 2.45) is 5.73 Å². The molecule has 0 heterocycles. The number of halogens is 1. The SMILES string of the molecule is C[C@H](N)C(O)CF. The van der Waals surface area contributed by atoms with E-state index in [1.54, 1.807) is 6.92 Å². The smallest absolute Gasteiger partial charge is 0.117 e. The molecule has 0 fully saturated rings. The van der Waals surface area contributed by atoms with E-state index in [1.807, 2.05) is 0 Å². The van der Waals surface area contributed by atoms with Crippen molar-refractivity contribution in [3.05, 3.63) is 0 Å². The van der Waals surface area contributed by atoms with Gasteiger partial charge in [0.25, 0.3) is 0 Å². The van der Waals surface area contributed by atoms with Gasteiger partial charge in [-0.25, -0.2) is 4.39 Å². The summed E-state index contributed by atoms with van der Waals surface area (Å²) in [6.45, 7) is 0.807. The van der Waals surface area contributed by atoms with Crippen LogP contribution < -0.4 is 5.73 Å².